The Balaban J connectivity index is 0.00000162. The number of nitrogens with zero attached hydrogens (tertiary/aromatic N) is 3. The van der Waals surface area contributed by atoms with E-state index in [9.17, 15) is 0 Å². The number of aromatic nitrogens is 2. The molecule has 1 aliphatic rings. The Hall–Kier alpha value is -0.650. The number of rotatable bonds is 5. The summed E-state index contributed by atoms with van der Waals surface area (Å²) in [6, 6.07) is 0. The minimum Gasteiger partial charge on any atom is -0.338 e. The molecule has 0 aromatic carbocycles. The highest BCUT2D eigenvalue weighted by Gasteiger charge is 2.35. The maximum absolute atomic E-state index is 5.45. The van der Waals surface area contributed by atoms with E-state index in [0.717, 1.165) is 25.5 Å². The van der Waals surface area contributed by atoms with Gasteiger partial charge in [0.15, 0.2) is 5.82 Å². The first kappa shape index (κ1) is 15.4. The normalized spacial score (nSPS) is 18.8. The molecule has 0 bridgehead atoms. The molecule has 6 heteroatoms. The summed E-state index contributed by atoms with van der Waals surface area (Å²) in [5.41, 5.74) is 5.95. The Morgan fingerprint density at radius 1 is 1.39 bits per heavy atom. The second kappa shape index (κ2) is 6.50. The minimum atomic E-state index is 0. The summed E-state index contributed by atoms with van der Waals surface area (Å²) in [7, 11) is 0. The average Bonchev–Trinajstić information content (AvgIpc) is 2.97. The quantitative estimate of drug-likeness (QED) is 0.889. The highest BCUT2D eigenvalue weighted by Crippen LogP contribution is 2.37. The molecule has 0 aliphatic carbocycles. The molecule has 5 nitrogen and oxygen atoms in total. The van der Waals surface area contributed by atoms with Crippen LogP contribution in [-0.2, 0) is 13.1 Å². The molecule has 1 fully saturated rings. The lowest BCUT2D eigenvalue weighted by Gasteiger charge is -2.26. The van der Waals surface area contributed by atoms with Crippen LogP contribution in [0.15, 0.2) is 4.52 Å². The maximum Gasteiger partial charge on any atom is 0.240 e. The van der Waals surface area contributed by atoms with Crippen molar-refractivity contribution < 1.29 is 4.52 Å². The van der Waals surface area contributed by atoms with E-state index < -0.39 is 0 Å². The second-order valence-electron chi connectivity index (χ2n) is 4.98. The molecule has 0 saturated carbocycles. The Morgan fingerprint density at radius 3 is 2.61 bits per heavy atom. The van der Waals surface area contributed by atoms with E-state index in [1.54, 1.807) is 0 Å². The van der Waals surface area contributed by atoms with Gasteiger partial charge in [-0.15, -0.1) is 12.4 Å². The third kappa shape index (κ3) is 3.22. The first-order valence-electron chi connectivity index (χ1n) is 6.45. The molecule has 0 amide bonds. The van der Waals surface area contributed by atoms with E-state index >= 15 is 0 Å². The summed E-state index contributed by atoms with van der Waals surface area (Å²) < 4.78 is 5.02. The summed E-state index contributed by atoms with van der Waals surface area (Å²) in [5.74, 6) is 1.28. The molecule has 0 spiro atoms. The lowest BCUT2D eigenvalue weighted by Crippen LogP contribution is -2.26. The number of likely N-dealkylation sites (tertiary alicyclic amines) is 1. The first-order valence-corrected chi connectivity index (χ1v) is 6.45. The van der Waals surface area contributed by atoms with Gasteiger partial charge in [-0.2, -0.15) is 4.98 Å². The van der Waals surface area contributed by atoms with Gasteiger partial charge in [-0.05, 0) is 31.2 Å². The summed E-state index contributed by atoms with van der Waals surface area (Å²) in [6.45, 7) is 7.95. The Kier molecular flexibility index (Phi) is 5.56. The Bertz CT molecular complexity index is 365. The molecule has 1 aromatic heterocycles. The average molecular weight is 275 g/mol. The SMILES string of the molecule is CCC1(CC)CCN(Cc2noc(CN)n2)C1.Cl. The zero-order valence-corrected chi connectivity index (χ0v) is 12.0. The van der Waals surface area contributed by atoms with Crippen LogP contribution in [0.1, 0.15) is 44.8 Å². The van der Waals surface area contributed by atoms with Gasteiger partial charge in [0.2, 0.25) is 5.89 Å². The lowest BCUT2D eigenvalue weighted by atomic mass is 9.82. The highest BCUT2D eigenvalue weighted by molar-refractivity contribution is 5.85. The van der Waals surface area contributed by atoms with Crippen LogP contribution in [0.4, 0.5) is 0 Å². The van der Waals surface area contributed by atoms with Crippen molar-refractivity contribution in [2.45, 2.75) is 46.2 Å². The third-order valence-electron chi connectivity index (χ3n) is 4.07. The predicted molar refractivity (Wildman–Crippen MR) is 72.3 cm³/mol. The molecule has 18 heavy (non-hydrogen) atoms. The first-order chi connectivity index (χ1) is 8.21. The van der Waals surface area contributed by atoms with Gasteiger partial charge in [-0.3, -0.25) is 4.90 Å². The number of hydrogen-bond acceptors (Lipinski definition) is 5. The molecule has 1 saturated heterocycles. The van der Waals surface area contributed by atoms with Gasteiger partial charge >= 0.3 is 0 Å². The molecule has 0 atom stereocenters. The van der Waals surface area contributed by atoms with Gasteiger partial charge in [-0.1, -0.05) is 19.0 Å². The van der Waals surface area contributed by atoms with E-state index in [4.69, 9.17) is 10.3 Å². The Morgan fingerprint density at radius 2 is 2.11 bits per heavy atom. The van der Waals surface area contributed by atoms with Crippen molar-refractivity contribution in [1.82, 2.24) is 15.0 Å². The Labute approximate surface area is 115 Å². The van der Waals surface area contributed by atoms with E-state index in [1.165, 1.54) is 19.3 Å². The van der Waals surface area contributed by atoms with E-state index in [1.807, 2.05) is 0 Å². The van der Waals surface area contributed by atoms with Crippen LogP contribution in [0.2, 0.25) is 0 Å². The zero-order valence-electron chi connectivity index (χ0n) is 11.2. The van der Waals surface area contributed by atoms with Crippen molar-refractivity contribution in [3.63, 3.8) is 0 Å². The molecule has 104 valence electrons. The van der Waals surface area contributed by atoms with Gasteiger partial charge in [0.1, 0.15) is 0 Å². The molecular formula is C12H23ClN4O. The van der Waals surface area contributed by atoms with E-state index in [2.05, 4.69) is 28.9 Å². The van der Waals surface area contributed by atoms with Crippen LogP contribution in [0.3, 0.4) is 0 Å². The van der Waals surface area contributed by atoms with Gasteiger partial charge in [-0.25, -0.2) is 0 Å². The molecule has 2 N–H and O–H groups in total. The lowest BCUT2D eigenvalue weighted by molar-refractivity contribution is 0.231. The fraction of sp³-hybridized carbons (Fsp3) is 0.833. The van der Waals surface area contributed by atoms with Crippen molar-refractivity contribution in [3.05, 3.63) is 11.7 Å². The van der Waals surface area contributed by atoms with Gasteiger partial charge in [0, 0.05) is 6.54 Å². The number of hydrogen-bond donors (Lipinski definition) is 1. The van der Waals surface area contributed by atoms with Crippen LogP contribution in [0.25, 0.3) is 0 Å². The largest absolute Gasteiger partial charge is 0.338 e. The summed E-state index contributed by atoms with van der Waals surface area (Å²) >= 11 is 0. The van der Waals surface area contributed by atoms with Crippen LogP contribution < -0.4 is 5.73 Å². The number of halogens is 1. The molecule has 0 radical (unpaired) electrons. The van der Waals surface area contributed by atoms with Crippen LogP contribution in [0, 0.1) is 5.41 Å². The summed E-state index contributed by atoms with van der Waals surface area (Å²) in [6.07, 6.45) is 3.78. The predicted octanol–water partition coefficient (Wildman–Crippen LogP) is 1.96. The summed E-state index contributed by atoms with van der Waals surface area (Å²) in [5, 5.41) is 3.94. The molecule has 1 aromatic rings. The molecule has 2 heterocycles. The molecule has 2 rings (SSSR count). The monoisotopic (exact) mass is 274 g/mol. The maximum atomic E-state index is 5.45. The third-order valence-corrected chi connectivity index (χ3v) is 4.07. The molecule has 1 aliphatic heterocycles. The minimum absolute atomic E-state index is 0. The fourth-order valence-corrected chi connectivity index (χ4v) is 2.63. The van der Waals surface area contributed by atoms with Crippen molar-refractivity contribution in [1.29, 1.82) is 0 Å². The van der Waals surface area contributed by atoms with E-state index in [-0.39, 0.29) is 12.4 Å². The van der Waals surface area contributed by atoms with Crippen LogP contribution in [-0.4, -0.2) is 28.1 Å². The zero-order chi connectivity index (χ0) is 12.3. The number of nitrogens with two attached hydrogens (primary N) is 1. The van der Waals surface area contributed by atoms with Crippen molar-refractivity contribution in [2.75, 3.05) is 13.1 Å². The van der Waals surface area contributed by atoms with Crippen LogP contribution >= 0.6 is 12.4 Å². The van der Waals surface area contributed by atoms with Crippen molar-refractivity contribution in [3.8, 4) is 0 Å². The molecular weight excluding hydrogens is 252 g/mol. The smallest absolute Gasteiger partial charge is 0.240 e. The van der Waals surface area contributed by atoms with E-state index in [0.29, 0.717) is 17.9 Å². The van der Waals surface area contributed by atoms with Crippen molar-refractivity contribution in [2.24, 2.45) is 11.1 Å². The summed E-state index contributed by atoms with van der Waals surface area (Å²) in [4.78, 5) is 6.66. The highest BCUT2D eigenvalue weighted by atomic mass is 35.5. The van der Waals surface area contributed by atoms with Crippen LogP contribution in [0.5, 0.6) is 0 Å². The second-order valence-corrected chi connectivity index (χ2v) is 4.98. The topological polar surface area (TPSA) is 68.2 Å². The van der Waals surface area contributed by atoms with Crippen molar-refractivity contribution >= 4 is 12.4 Å². The standard InChI is InChI=1S/C12H22N4O.ClH/c1-3-12(4-2)5-6-16(9-12)8-10-14-11(7-13)17-15-10;/h3-9,13H2,1-2H3;1H. The molecule has 0 unspecified atom stereocenters. The van der Waals surface area contributed by atoms with Gasteiger partial charge in [0.05, 0.1) is 13.1 Å². The van der Waals surface area contributed by atoms with Gasteiger partial charge in [0.25, 0.3) is 0 Å². The van der Waals surface area contributed by atoms with Gasteiger partial charge < -0.3 is 10.3 Å². The fourth-order valence-electron chi connectivity index (χ4n) is 2.63.